The molecule has 4 aromatic rings. The van der Waals surface area contributed by atoms with Crippen LogP contribution in [-0.4, -0.2) is 55.2 Å². The Labute approximate surface area is 238 Å². The maximum atomic E-state index is 14.5. The van der Waals surface area contributed by atoms with E-state index in [1.165, 1.54) is 6.07 Å². The molecule has 3 aromatic carbocycles. The van der Waals surface area contributed by atoms with Crippen LogP contribution in [0.1, 0.15) is 59.1 Å². The number of carbonyl (C=O) groups is 2. The van der Waals surface area contributed by atoms with Crippen LogP contribution in [0.25, 0.3) is 11.0 Å². The maximum Gasteiger partial charge on any atom is 0.304 e. The van der Waals surface area contributed by atoms with Gasteiger partial charge in [-0.3, -0.25) is 14.5 Å². The summed E-state index contributed by atoms with van der Waals surface area (Å²) in [5.74, 6) is -1.16. The van der Waals surface area contributed by atoms with Crippen LogP contribution in [0.2, 0.25) is 0 Å². The van der Waals surface area contributed by atoms with E-state index in [0.717, 1.165) is 50.8 Å². The lowest BCUT2D eigenvalue weighted by atomic mass is 9.84. The van der Waals surface area contributed by atoms with Gasteiger partial charge in [0.2, 0.25) is 0 Å². The second-order valence-electron chi connectivity index (χ2n) is 10.3. The van der Waals surface area contributed by atoms with Gasteiger partial charge < -0.3 is 14.9 Å². The summed E-state index contributed by atoms with van der Waals surface area (Å²) in [5.41, 5.74) is 7.61. The number of aromatic nitrogens is 3. The molecule has 0 amide bonds. The monoisotopic (exact) mass is 562 g/mol. The van der Waals surface area contributed by atoms with Gasteiger partial charge in [-0.15, -0.1) is 5.10 Å². The Hall–Kier alpha value is -4.31. The molecule has 5 rings (SSSR count). The number of carboxylic acid groups (broad SMARTS) is 2. The molecule has 0 bridgehead atoms. The lowest BCUT2D eigenvalue weighted by Crippen LogP contribution is -2.32. The predicted octanol–water partition coefficient (Wildman–Crippen LogP) is 5.20. The number of halogens is 1. The van der Waals surface area contributed by atoms with Gasteiger partial charge in [-0.25, -0.2) is 9.07 Å². The van der Waals surface area contributed by atoms with Crippen LogP contribution in [-0.2, 0) is 29.7 Å². The van der Waals surface area contributed by atoms with E-state index in [1.54, 1.807) is 10.7 Å². The molecule has 10 heteroatoms. The summed E-state index contributed by atoms with van der Waals surface area (Å²) < 4.78 is 22.3. The Kier molecular flexibility index (Phi) is 9.34. The van der Waals surface area contributed by atoms with Gasteiger partial charge in [0.15, 0.2) is 11.6 Å². The van der Waals surface area contributed by atoms with Crippen molar-refractivity contribution in [2.45, 2.75) is 58.7 Å². The number of para-hydroxylation sites is 1. The molecule has 0 saturated carbocycles. The summed E-state index contributed by atoms with van der Waals surface area (Å²) in [7, 11) is 1.85. The van der Waals surface area contributed by atoms with Gasteiger partial charge in [0.05, 0.1) is 11.9 Å². The van der Waals surface area contributed by atoms with E-state index in [2.05, 4.69) is 34.3 Å². The first-order valence-corrected chi connectivity index (χ1v) is 13.5. The molecule has 0 aliphatic carbocycles. The third-order valence-electron chi connectivity index (χ3n) is 7.65. The molecule has 1 unspecified atom stereocenters. The van der Waals surface area contributed by atoms with Crippen molar-refractivity contribution in [3.05, 3.63) is 87.7 Å². The first-order chi connectivity index (χ1) is 19.7. The van der Waals surface area contributed by atoms with Crippen LogP contribution in [0.3, 0.4) is 0 Å². The van der Waals surface area contributed by atoms with Gasteiger partial charge in [-0.1, -0.05) is 48.5 Å². The number of hydrogen-bond donors (Lipinski definition) is 2. The Morgan fingerprint density at radius 2 is 1.98 bits per heavy atom. The normalized spacial score (nSPS) is 15.7. The molecule has 0 fully saturated rings. The Morgan fingerprint density at radius 3 is 2.68 bits per heavy atom. The molecular weight excluding hydrogens is 527 g/mol. The minimum absolute atomic E-state index is 0.0305. The molecular formula is C31H35FN4O5. The summed E-state index contributed by atoms with van der Waals surface area (Å²) in [6.45, 7) is 7.75. The van der Waals surface area contributed by atoms with Crippen LogP contribution in [0.15, 0.2) is 48.5 Å². The molecule has 2 heterocycles. The van der Waals surface area contributed by atoms with E-state index in [-0.39, 0.29) is 30.7 Å². The molecule has 1 aliphatic rings. The molecule has 0 saturated heterocycles. The second-order valence-corrected chi connectivity index (χ2v) is 10.3. The molecule has 0 spiro atoms. The highest BCUT2D eigenvalue weighted by atomic mass is 19.1. The number of rotatable bonds is 7. The van der Waals surface area contributed by atoms with Crippen LogP contribution >= 0.6 is 0 Å². The average Bonchev–Trinajstić information content (AvgIpc) is 3.21. The van der Waals surface area contributed by atoms with E-state index in [1.807, 2.05) is 45.2 Å². The highest BCUT2D eigenvalue weighted by molar-refractivity contribution is 5.80. The van der Waals surface area contributed by atoms with E-state index in [4.69, 9.17) is 14.6 Å². The van der Waals surface area contributed by atoms with Crippen molar-refractivity contribution >= 4 is 23.5 Å². The van der Waals surface area contributed by atoms with Crippen molar-refractivity contribution in [2.75, 3.05) is 6.54 Å². The molecule has 2 N–H and O–H groups in total. The Bertz CT molecular complexity index is 1550. The van der Waals surface area contributed by atoms with E-state index in [9.17, 15) is 14.3 Å². The molecule has 2 atom stereocenters. The number of hydrogen-bond acceptors (Lipinski definition) is 6. The van der Waals surface area contributed by atoms with Crippen LogP contribution in [0.5, 0.6) is 5.75 Å². The lowest BCUT2D eigenvalue weighted by molar-refractivity contribution is -0.137. The highest BCUT2D eigenvalue weighted by Crippen LogP contribution is 2.35. The smallest absolute Gasteiger partial charge is 0.304 e. The summed E-state index contributed by atoms with van der Waals surface area (Å²) >= 11 is 0. The van der Waals surface area contributed by atoms with E-state index in [0.29, 0.717) is 25.4 Å². The quantitative estimate of drug-likeness (QED) is 0.295. The molecule has 9 nitrogen and oxygen atoms in total. The van der Waals surface area contributed by atoms with Gasteiger partial charge in [-0.05, 0) is 60.2 Å². The van der Waals surface area contributed by atoms with Crippen LogP contribution < -0.4 is 4.74 Å². The standard InChI is InChI=1S/C30H33FN4O3.CH2O2/c1-5-23-17-35(15-21-7-6-8-26(31)30(21)38-23)16-22-13-20(10-9-18(22)2)25(14-28(36)37)24-11-12-27-29(19(24)3)32-33-34(27)4;2-1-3/h6-13,23,25H,5,14-17H2,1-4H3,(H,36,37);1H,(H,2,3)/t23-,25?;/m1./s1. The number of aliphatic carboxylic acids is 1. The fourth-order valence-electron chi connectivity index (χ4n) is 5.47. The van der Waals surface area contributed by atoms with Crippen molar-refractivity contribution in [2.24, 2.45) is 7.05 Å². The number of aryl methyl sites for hydroxylation is 3. The fraction of sp³-hybridized carbons (Fsp3) is 0.355. The summed E-state index contributed by atoms with van der Waals surface area (Å²) in [5, 5.41) is 25.2. The Morgan fingerprint density at radius 1 is 1.22 bits per heavy atom. The van der Waals surface area contributed by atoms with Crippen LogP contribution in [0, 0.1) is 19.7 Å². The SMILES string of the molecule is CC[C@@H]1CN(Cc2cc(C(CC(=O)O)c3ccc4c(nnn4C)c3C)ccc2C)Cc2cccc(F)c2O1.O=CO. The summed E-state index contributed by atoms with van der Waals surface area (Å²) in [6, 6.07) is 15.3. The van der Waals surface area contributed by atoms with Gasteiger partial charge >= 0.3 is 5.97 Å². The van der Waals surface area contributed by atoms with Crippen molar-refractivity contribution in [1.29, 1.82) is 0 Å². The molecule has 1 aliphatic heterocycles. The van der Waals surface area contributed by atoms with Crippen LogP contribution in [0.4, 0.5) is 4.39 Å². The Balaban J connectivity index is 0.00000124. The summed E-state index contributed by atoms with van der Waals surface area (Å²) in [6.07, 6.45) is 0.628. The average molecular weight is 563 g/mol. The first-order valence-electron chi connectivity index (χ1n) is 13.5. The van der Waals surface area contributed by atoms with Crippen molar-refractivity contribution in [3.8, 4) is 5.75 Å². The molecule has 1 aromatic heterocycles. The van der Waals surface area contributed by atoms with Gasteiger partial charge in [-0.2, -0.15) is 0 Å². The van der Waals surface area contributed by atoms with Gasteiger partial charge in [0.25, 0.3) is 6.47 Å². The maximum absolute atomic E-state index is 14.5. The van der Waals surface area contributed by atoms with Gasteiger partial charge in [0, 0.05) is 38.2 Å². The van der Waals surface area contributed by atoms with E-state index >= 15 is 0 Å². The molecule has 216 valence electrons. The largest absolute Gasteiger partial charge is 0.486 e. The number of benzene rings is 3. The van der Waals surface area contributed by atoms with Crippen molar-refractivity contribution in [3.63, 3.8) is 0 Å². The second kappa shape index (κ2) is 12.9. The predicted molar refractivity (Wildman–Crippen MR) is 152 cm³/mol. The number of nitrogens with zero attached hydrogens (tertiary/aromatic N) is 4. The zero-order chi connectivity index (χ0) is 29.7. The fourth-order valence-corrected chi connectivity index (χ4v) is 5.47. The topological polar surface area (TPSA) is 118 Å². The van der Waals surface area contributed by atoms with Crippen molar-refractivity contribution < 1.29 is 28.9 Å². The zero-order valence-electron chi connectivity index (χ0n) is 23.7. The molecule has 41 heavy (non-hydrogen) atoms. The minimum Gasteiger partial charge on any atom is -0.486 e. The van der Waals surface area contributed by atoms with Crippen molar-refractivity contribution in [1.82, 2.24) is 19.9 Å². The third kappa shape index (κ3) is 6.54. The zero-order valence-corrected chi connectivity index (χ0v) is 23.7. The third-order valence-corrected chi connectivity index (χ3v) is 7.65. The van der Waals surface area contributed by atoms with Gasteiger partial charge in [0.1, 0.15) is 11.6 Å². The number of ether oxygens (including phenoxy) is 1. The lowest BCUT2D eigenvalue weighted by Gasteiger charge is -2.25. The highest BCUT2D eigenvalue weighted by Gasteiger charge is 2.26. The molecule has 0 radical (unpaired) electrons. The summed E-state index contributed by atoms with van der Waals surface area (Å²) in [4.78, 5) is 22.6. The number of fused-ring (bicyclic) bond motifs is 2. The first kappa shape index (κ1) is 29.7. The number of carboxylic acids is 1. The van der Waals surface area contributed by atoms with E-state index < -0.39 is 5.97 Å². The minimum atomic E-state index is -0.857.